The highest BCUT2D eigenvalue weighted by Crippen LogP contribution is 2.19. The normalized spacial score (nSPS) is 18.4. The van der Waals surface area contributed by atoms with E-state index in [9.17, 15) is 0 Å². The van der Waals surface area contributed by atoms with E-state index in [1.165, 1.54) is 0 Å². The number of amidine groups is 1. The highest BCUT2D eigenvalue weighted by Gasteiger charge is 2.21. The molecule has 0 bridgehead atoms. The minimum Gasteiger partial charge on any atom is -0.385 e. The second-order valence-electron chi connectivity index (χ2n) is 4.69. The molecule has 0 saturated heterocycles. The Hall–Kier alpha value is -1.88. The van der Waals surface area contributed by atoms with Gasteiger partial charge in [0, 0.05) is 12.2 Å². The first kappa shape index (κ1) is 13.5. The number of nitrogens with two attached hydrogens (primary N) is 1. The molecule has 0 aromatic heterocycles. The van der Waals surface area contributed by atoms with Crippen molar-refractivity contribution >= 4 is 28.7 Å². The van der Waals surface area contributed by atoms with E-state index in [2.05, 4.69) is 10.4 Å². The van der Waals surface area contributed by atoms with Crippen LogP contribution in [0.5, 0.6) is 0 Å². The topological polar surface area (TPSA) is 53.6 Å². The third-order valence-corrected chi connectivity index (χ3v) is 3.07. The molecule has 0 fully saturated rings. The summed E-state index contributed by atoms with van der Waals surface area (Å²) in [6.45, 7) is 4.09. The van der Waals surface area contributed by atoms with Crippen molar-refractivity contribution in [2.24, 2.45) is 16.8 Å². The predicted molar refractivity (Wildman–Crippen MR) is 84.0 cm³/mol. The highest BCUT2D eigenvalue weighted by molar-refractivity contribution is 7.80. The Morgan fingerprint density at radius 2 is 2.05 bits per heavy atom. The SMILES string of the molecule is CC(C)NC(=S)C1C=CN(c2ccccc2)N=C1N. The summed E-state index contributed by atoms with van der Waals surface area (Å²) < 4.78 is 0. The van der Waals surface area contributed by atoms with Crippen LogP contribution in [0.2, 0.25) is 0 Å². The van der Waals surface area contributed by atoms with Crippen molar-refractivity contribution in [1.29, 1.82) is 0 Å². The van der Waals surface area contributed by atoms with Crippen LogP contribution in [0.1, 0.15) is 13.8 Å². The number of thiocarbonyl (C=S) groups is 1. The Morgan fingerprint density at radius 1 is 1.37 bits per heavy atom. The maximum atomic E-state index is 6.01. The van der Waals surface area contributed by atoms with Crippen LogP contribution in [0.15, 0.2) is 47.7 Å². The van der Waals surface area contributed by atoms with Gasteiger partial charge in [-0.3, -0.25) is 0 Å². The molecule has 0 radical (unpaired) electrons. The van der Waals surface area contributed by atoms with Gasteiger partial charge in [0.05, 0.1) is 16.6 Å². The Bertz CT molecular complexity index is 507. The largest absolute Gasteiger partial charge is 0.385 e. The zero-order valence-corrected chi connectivity index (χ0v) is 11.9. The average Bonchev–Trinajstić information content (AvgIpc) is 2.38. The highest BCUT2D eigenvalue weighted by atomic mass is 32.1. The molecule has 0 spiro atoms. The number of nitrogens with zero attached hydrogens (tertiary/aromatic N) is 2. The van der Waals surface area contributed by atoms with Crippen molar-refractivity contribution in [3.05, 3.63) is 42.6 Å². The molecule has 0 saturated carbocycles. The van der Waals surface area contributed by atoms with E-state index in [1.807, 2.05) is 56.5 Å². The van der Waals surface area contributed by atoms with Gasteiger partial charge in [0.1, 0.15) is 5.84 Å². The number of nitrogens with one attached hydrogen (secondary N) is 1. The summed E-state index contributed by atoms with van der Waals surface area (Å²) in [4.78, 5) is 0.709. The lowest BCUT2D eigenvalue weighted by Gasteiger charge is -2.25. The van der Waals surface area contributed by atoms with Gasteiger partial charge in [0.2, 0.25) is 0 Å². The van der Waals surface area contributed by atoms with Crippen molar-refractivity contribution in [1.82, 2.24) is 5.32 Å². The molecule has 19 heavy (non-hydrogen) atoms. The third kappa shape index (κ3) is 3.32. The van der Waals surface area contributed by atoms with E-state index < -0.39 is 0 Å². The average molecular weight is 274 g/mol. The van der Waals surface area contributed by atoms with Gasteiger partial charge in [0.25, 0.3) is 0 Å². The molecule has 5 heteroatoms. The van der Waals surface area contributed by atoms with Crippen molar-refractivity contribution in [2.45, 2.75) is 19.9 Å². The molecule has 1 heterocycles. The van der Waals surface area contributed by atoms with E-state index in [-0.39, 0.29) is 5.92 Å². The fourth-order valence-corrected chi connectivity index (χ4v) is 2.24. The van der Waals surface area contributed by atoms with Crippen LogP contribution in [0.4, 0.5) is 5.69 Å². The Morgan fingerprint density at radius 3 is 2.63 bits per heavy atom. The first-order valence-corrected chi connectivity index (χ1v) is 6.65. The van der Waals surface area contributed by atoms with Crippen LogP contribution in [-0.2, 0) is 0 Å². The Labute approximate surface area is 119 Å². The maximum absolute atomic E-state index is 6.01. The van der Waals surface area contributed by atoms with E-state index in [4.69, 9.17) is 18.0 Å². The fraction of sp³-hybridized carbons (Fsp3) is 0.286. The quantitative estimate of drug-likeness (QED) is 0.830. The summed E-state index contributed by atoms with van der Waals surface area (Å²) in [5, 5.41) is 9.33. The fourth-order valence-electron chi connectivity index (χ4n) is 1.81. The molecule has 1 aromatic carbocycles. The van der Waals surface area contributed by atoms with E-state index in [1.54, 1.807) is 5.01 Å². The van der Waals surface area contributed by atoms with E-state index in [0.29, 0.717) is 16.9 Å². The second kappa shape index (κ2) is 5.84. The number of hydrazone groups is 1. The molecule has 1 aliphatic heterocycles. The van der Waals surface area contributed by atoms with E-state index >= 15 is 0 Å². The van der Waals surface area contributed by atoms with Gasteiger partial charge >= 0.3 is 0 Å². The summed E-state index contributed by atoms with van der Waals surface area (Å²) in [6.07, 6.45) is 3.86. The maximum Gasteiger partial charge on any atom is 0.134 e. The van der Waals surface area contributed by atoms with Crippen molar-refractivity contribution < 1.29 is 0 Å². The predicted octanol–water partition coefficient (Wildman–Crippen LogP) is 2.23. The molecular weight excluding hydrogens is 256 g/mol. The molecule has 4 nitrogen and oxygen atoms in total. The summed E-state index contributed by atoms with van der Waals surface area (Å²) in [6, 6.07) is 10.1. The summed E-state index contributed by atoms with van der Waals surface area (Å²) in [5.74, 6) is 0.377. The van der Waals surface area contributed by atoms with Gasteiger partial charge < -0.3 is 11.1 Å². The van der Waals surface area contributed by atoms with Gasteiger partial charge in [-0.1, -0.05) is 30.4 Å². The zero-order valence-electron chi connectivity index (χ0n) is 11.1. The Balaban J connectivity index is 2.12. The van der Waals surface area contributed by atoms with Crippen LogP contribution < -0.4 is 16.1 Å². The van der Waals surface area contributed by atoms with Crippen LogP contribution in [-0.4, -0.2) is 16.9 Å². The lowest BCUT2D eigenvalue weighted by atomic mass is 10.1. The molecule has 100 valence electrons. The first-order valence-electron chi connectivity index (χ1n) is 6.25. The third-order valence-electron chi connectivity index (χ3n) is 2.70. The standard InChI is InChI=1S/C14H18N4S/c1-10(2)16-14(19)12-8-9-18(17-13(12)15)11-6-4-3-5-7-11/h3-10,12H,1-2H3,(H2,15,17)(H,16,19). The second-order valence-corrected chi connectivity index (χ2v) is 5.13. The minimum absolute atomic E-state index is 0.127. The van der Waals surface area contributed by atoms with Crippen LogP contribution in [0.3, 0.4) is 0 Å². The number of anilines is 1. The van der Waals surface area contributed by atoms with Crippen molar-refractivity contribution in [3.8, 4) is 0 Å². The number of rotatable bonds is 3. The number of benzene rings is 1. The molecule has 3 N–H and O–H groups in total. The molecule has 1 aliphatic rings. The molecule has 1 aromatic rings. The molecular formula is C14H18N4S. The molecule has 2 rings (SSSR count). The lowest BCUT2D eigenvalue weighted by molar-refractivity contribution is 0.725. The Kier molecular flexibility index (Phi) is 4.16. The number of para-hydroxylation sites is 1. The molecule has 0 aliphatic carbocycles. The minimum atomic E-state index is -0.127. The van der Waals surface area contributed by atoms with Crippen LogP contribution in [0.25, 0.3) is 0 Å². The molecule has 1 atom stereocenters. The van der Waals surface area contributed by atoms with Gasteiger partial charge in [-0.05, 0) is 32.1 Å². The van der Waals surface area contributed by atoms with Gasteiger partial charge in [-0.2, -0.15) is 5.10 Å². The molecule has 0 amide bonds. The summed E-state index contributed by atoms with van der Waals surface area (Å²) in [5.41, 5.74) is 6.99. The van der Waals surface area contributed by atoms with Gasteiger partial charge in [-0.25, -0.2) is 5.01 Å². The zero-order chi connectivity index (χ0) is 13.8. The monoisotopic (exact) mass is 274 g/mol. The van der Waals surface area contributed by atoms with Crippen LogP contribution >= 0.6 is 12.2 Å². The summed E-state index contributed by atoms with van der Waals surface area (Å²) >= 11 is 5.34. The number of hydrogen-bond acceptors (Lipinski definition) is 4. The molecule has 1 unspecified atom stereocenters. The van der Waals surface area contributed by atoms with Gasteiger partial charge in [0.15, 0.2) is 0 Å². The lowest BCUT2D eigenvalue weighted by Crippen LogP contribution is -2.42. The first-order chi connectivity index (χ1) is 9.08. The van der Waals surface area contributed by atoms with E-state index in [0.717, 1.165) is 5.69 Å². The van der Waals surface area contributed by atoms with Gasteiger partial charge in [-0.15, -0.1) is 0 Å². The summed E-state index contributed by atoms with van der Waals surface area (Å²) in [7, 11) is 0. The van der Waals surface area contributed by atoms with Crippen molar-refractivity contribution in [2.75, 3.05) is 5.01 Å². The number of hydrogen-bond donors (Lipinski definition) is 2. The smallest absolute Gasteiger partial charge is 0.134 e. The van der Waals surface area contributed by atoms with Crippen LogP contribution in [0, 0.1) is 5.92 Å². The van der Waals surface area contributed by atoms with Crippen molar-refractivity contribution in [3.63, 3.8) is 0 Å².